The molecule has 1 nitrogen and oxygen atoms in total. The number of allylic oxidation sites excluding steroid dienone is 1. The van der Waals surface area contributed by atoms with E-state index in [4.69, 9.17) is 0 Å². The summed E-state index contributed by atoms with van der Waals surface area (Å²) < 4.78 is 0. The van der Waals surface area contributed by atoms with Crippen molar-refractivity contribution in [2.45, 2.75) is 32.6 Å². The molecule has 0 saturated heterocycles. The summed E-state index contributed by atoms with van der Waals surface area (Å²) in [6.45, 7) is 4.45. The topological polar surface area (TPSA) is 15.8 Å². The van der Waals surface area contributed by atoms with Crippen molar-refractivity contribution in [3.05, 3.63) is 29.1 Å². The summed E-state index contributed by atoms with van der Waals surface area (Å²) in [5, 5.41) is 0. The van der Waals surface area contributed by atoms with E-state index in [2.05, 4.69) is 37.0 Å². The number of hydrogen-bond donors (Lipinski definition) is 1. The quantitative estimate of drug-likeness (QED) is 0.651. The Kier molecular flexibility index (Phi) is 1.80. The minimum atomic E-state index is 0.615. The van der Waals surface area contributed by atoms with Crippen molar-refractivity contribution in [3.8, 4) is 0 Å². The number of aryl methyl sites for hydroxylation is 1. The molecular formula is C11H15N. The van der Waals surface area contributed by atoms with Crippen molar-refractivity contribution < 1.29 is 0 Å². The van der Waals surface area contributed by atoms with Gasteiger partial charge >= 0.3 is 0 Å². The minimum Gasteiger partial charge on any atom is -0.358 e. The predicted molar refractivity (Wildman–Crippen MR) is 52.2 cm³/mol. The smallest absolute Gasteiger partial charge is 0.0411 e. The van der Waals surface area contributed by atoms with Crippen LogP contribution in [0.15, 0.2) is 12.1 Å². The number of fused-ring (bicyclic) bond motifs is 1. The summed E-state index contributed by atoms with van der Waals surface area (Å²) in [5.74, 6) is 0.615. The van der Waals surface area contributed by atoms with Crippen LogP contribution >= 0.6 is 0 Å². The second-order valence-electron chi connectivity index (χ2n) is 3.76. The lowest BCUT2D eigenvalue weighted by Crippen LogP contribution is -1.89. The van der Waals surface area contributed by atoms with Crippen LogP contribution in [0.2, 0.25) is 0 Å². The highest BCUT2D eigenvalue weighted by Gasteiger charge is 2.09. The molecule has 0 saturated carbocycles. The van der Waals surface area contributed by atoms with E-state index in [0.717, 1.165) is 0 Å². The molecular weight excluding hydrogens is 146 g/mol. The lowest BCUT2D eigenvalue weighted by Gasteiger charge is -2.01. The number of aromatic nitrogens is 1. The molecule has 0 aromatic carbocycles. The first-order valence-corrected chi connectivity index (χ1v) is 4.65. The van der Waals surface area contributed by atoms with E-state index in [1.54, 1.807) is 0 Å². The fourth-order valence-corrected chi connectivity index (χ4v) is 1.64. The lowest BCUT2D eigenvalue weighted by molar-refractivity contribution is 0.832. The number of rotatable bonds is 1. The highest BCUT2D eigenvalue weighted by molar-refractivity contribution is 5.53. The average Bonchev–Trinajstić information content (AvgIpc) is 2.46. The fraction of sp³-hybridized carbons (Fsp3) is 0.455. The van der Waals surface area contributed by atoms with Gasteiger partial charge in [0.1, 0.15) is 0 Å². The second-order valence-corrected chi connectivity index (χ2v) is 3.76. The van der Waals surface area contributed by atoms with Gasteiger partial charge in [-0.25, -0.2) is 0 Å². The monoisotopic (exact) mass is 161 g/mol. The van der Waals surface area contributed by atoms with Gasteiger partial charge < -0.3 is 4.98 Å². The van der Waals surface area contributed by atoms with Crippen molar-refractivity contribution in [1.82, 2.24) is 4.98 Å². The molecule has 2 rings (SSSR count). The van der Waals surface area contributed by atoms with Crippen molar-refractivity contribution in [3.63, 3.8) is 0 Å². The molecule has 0 spiro atoms. The molecule has 1 heteroatoms. The van der Waals surface area contributed by atoms with Gasteiger partial charge in [0.25, 0.3) is 0 Å². The molecule has 0 atom stereocenters. The first-order chi connectivity index (χ1) is 5.77. The Morgan fingerprint density at radius 1 is 1.42 bits per heavy atom. The number of H-pyrrole nitrogens is 1. The number of hydrogen-bond acceptors (Lipinski definition) is 0. The Morgan fingerprint density at radius 2 is 2.25 bits per heavy atom. The highest BCUT2D eigenvalue weighted by Crippen LogP contribution is 2.23. The molecule has 0 aliphatic heterocycles. The third kappa shape index (κ3) is 1.20. The Balaban J connectivity index is 2.39. The van der Waals surface area contributed by atoms with Gasteiger partial charge in [0.15, 0.2) is 0 Å². The van der Waals surface area contributed by atoms with Gasteiger partial charge in [-0.05, 0) is 36.5 Å². The van der Waals surface area contributed by atoms with E-state index in [0.29, 0.717) is 5.92 Å². The summed E-state index contributed by atoms with van der Waals surface area (Å²) in [7, 11) is 0. The zero-order chi connectivity index (χ0) is 8.55. The summed E-state index contributed by atoms with van der Waals surface area (Å²) in [5.41, 5.74) is 4.18. The molecule has 1 aliphatic rings. The van der Waals surface area contributed by atoms with Crippen LogP contribution < -0.4 is 0 Å². The number of nitrogens with one attached hydrogen (secondary N) is 1. The highest BCUT2D eigenvalue weighted by atomic mass is 14.7. The normalized spacial score (nSPS) is 15.2. The first-order valence-electron chi connectivity index (χ1n) is 4.65. The van der Waals surface area contributed by atoms with Gasteiger partial charge in [-0.3, -0.25) is 0 Å². The molecule has 1 N–H and O–H groups in total. The molecule has 0 fully saturated rings. The van der Waals surface area contributed by atoms with Gasteiger partial charge in [0.2, 0.25) is 0 Å². The second kappa shape index (κ2) is 2.81. The average molecular weight is 161 g/mol. The van der Waals surface area contributed by atoms with E-state index in [-0.39, 0.29) is 0 Å². The molecule has 0 bridgehead atoms. The zero-order valence-corrected chi connectivity index (χ0v) is 7.72. The zero-order valence-electron chi connectivity index (χ0n) is 7.72. The van der Waals surface area contributed by atoms with Gasteiger partial charge in [-0.2, -0.15) is 0 Å². The summed E-state index contributed by atoms with van der Waals surface area (Å²) in [4.78, 5) is 3.45. The summed E-state index contributed by atoms with van der Waals surface area (Å²) in [6.07, 6.45) is 6.84. The molecule has 64 valence electrons. The maximum absolute atomic E-state index is 3.45. The maximum atomic E-state index is 3.45. The molecule has 12 heavy (non-hydrogen) atoms. The van der Waals surface area contributed by atoms with Gasteiger partial charge in [0.05, 0.1) is 0 Å². The first kappa shape index (κ1) is 7.66. The van der Waals surface area contributed by atoms with Gasteiger partial charge in [-0.1, -0.05) is 19.9 Å². The van der Waals surface area contributed by atoms with Crippen LogP contribution in [-0.2, 0) is 6.42 Å². The molecule has 0 radical (unpaired) electrons. The molecule has 0 unspecified atom stereocenters. The standard InChI is InChI=1S/C11H15N/c1-8(2)11-7-9-5-3-4-6-10(9)12-11/h4,6-8,12H,3,5H2,1-2H3. The summed E-state index contributed by atoms with van der Waals surface area (Å²) >= 11 is 0. The van der Waals surface area contributed by atoms with E-state index < -0.39 is 0 Å². The molecule has 0 amide bonds. The van der Waals surface area contributed by atoms with Crippen LogP contribution in [0, 0.1) is 0 Å². The molecule has 1 aromatic rings. The van der Waals surface area contributed by atoms with Crippen LogP contribution in [0.3, 0.4) is 0 Å². The van der Waals surface area contributed by atoms with Gasteiger partial charge in [0, 0.05) is 11.4 Å². The Bertz CT molecular complexity index is 305. The van der Waals surface area contributed by atoms with Crippen LogP contribution in [0.4, 0.5) is 0 Å². The van der Waals surface area contributed by atoms with Crippen molar-refractivity contribution in [1.29, 1.82) is 0 Å². The van der Waals surface area contributed by atoms with Crippen LogP contribution in [-0.4, -0.2) is 4.98 Å². The third-order valence-corrected chi connectivity index (χ3v) is 2.44. The van der Waals surface area contributed by atoms with Crippen molar-refractivity contribution >= 4 is 6.08 Å². The summed E-state index contributed by atoms with van der Waals surface area (Å²) in [6, 6.07) is 2.31. The van der Waals surface area contributed by atoms with Crippen LogP contribution in [0.5, 0.6) is 0 Å². The Hall–Kier alpha value is -0.980. The van der Waals surface area contributed by atoms with Crippen LogP contribution in [0.1, 0.15) is 43.1 Å². The van der Waals surface area contributed by atoms with Crippen molar-refractivity contribution in [2.75, 3.05) is 0 Å². The Morgan fingerprint density at radius 3 is 2.92 bits per heavy atom. The van der Waals surface area contributed by atoms with E-state index in [1.165, 1.54) is 29.8 Å². The molecule has 1 heterocycles. The van der Waals surface area contributed by atoms with Crippen molar-refractivity contribution in [2.24, 2.45) is 0 Å². The minimum absolute atomic E-state index is 0.615. The Labute approximate surface area is 73.5 Å². The van der Waals surface area contributed by atoms with Crippen LogP contribution in [0.25, 0.3) is 6.08 Å². The predicted octanol–water partition coefficient (Wildman–Crippen LogP) is 3.10. The maximum Gasteiger partial charge on any atom is 0.0411 e. The molecule has 1 aliphatic carbocycles. The largest absolute Gasteiger partial charge is 0.358 e. The third-order valence-electron chi connectivity index (χ3n) is 2.44. The fourth-order valence-electron chi connectivity index (χ4n) is 1.64. The van der Waals surface area contributed by atoms with E-state index in [9.17, 15) is 0 Å². The van der Waals surface area contributed by atoms with E-state index in [1.807, 2.05) is 0 Å². The van der Waals surface area contributed by atoms with E-state index >= 15 is 0 Å². The number of aromatic amines is 1. The van der Waals surface area contributed by atoms with Gasteiger partial charge in [-0.15, -0.1) is 0 Å². The molecule has 1 aromatic heterocycles. The lowest BCUT2D eigenvalue weighted by atomic mass is 10.0. The SMILES string of the molecule is CC(C)c1cc2c([nH]1)C=CCC2.